The maximum Gasteiger partial charge on any atom is 0.251 e. The van der Waals surface area contributed by atoms with Gasteiger partial charge in [0.1, 0.15) is 5.75 Å². The van der Waals surface area contributed by atoms with Crippen LogP contribution in [0, 0.1) is 6.92 Å². The number of nitrogens with zero attached hydrogens (tertiary/aromatic N) is 2. The smallest absolute Gasteiger partial charge is 0.251 e. The summed E-state index contributed by atoms with van der Waals surface area (Å²) in [7, 11) is 1.60. The fourth-order valence-corrected chi connectivity index (χ4v) is 3.36. The number of amides is 1. The molecule has 1 heterocycles. The van der Waals surface area contributed by atoms with Crippen LogP contribution < -0.4 is 10.1 Å². The molecule has 150 valence electrons. The van der Waals surface area contributed by atoms with E-state index in [4.69, 9.17) is 4.74 Å². The number of carbonyl (C=O) groups is 1. The van der Waals surface area contributed by atoms with E-state index in [1.54, 1.807) is 25.6 Å². The Kier molecular flexibility index (Phi) is 5.61. The molecule has 4 aromatic rings. The van der Waals surface area contributed by atoms with Gasteiger partial charge in [0.05, 0.1) is 24.8 Å². The van der Waals surface area contributed by atoms with Gasteiger partial charge in [0.2, 0.25) is 0 Å². The molecule has 0 saturated heterocycles. The number of aromatic nitrogens is 2. The van der Waals surface area contributed by atoms with Crippen molar-refractivity contribution in [3.63, 3.8) is 0 Å². The number of carbonyl (C=O) groups excluding carboxylic acids is 1. The third-order valence-corrected chi connectivity index (χ3v) is 4.92. The molecular formula is C25H23N3O2. The number of hydrogen-bond donors (Lipinski definition) is 1. The number of imidazole rings is 1. The van der Waals surface area contributed by atoms with Crippen molar-refractivity contribution in [1.29, 1.82) is 0 Å². The minimum atomic E-state index is -0.147. The third kappa shape index (κ3) is 4.25. The SMILES string of the molecule is COc1cc(C(=O)NCc2cccc(-c3ccccc3)c2)ccc1-n1cnc(C)c1. The highest BCUT2D eigenvalue weighted by atomic mass is 16.5. The van der Waals surface area contributed by atoms with Crippen molar-refractivity contribution < 1.29 is 9.53 Å². The van der Waals surface area contributed by atoms with Gasteiger partial charge in [-0.05, 0) is 47.9 Å². The molecule has 5 nitrogen and oxygen atoms in total. The molecule has 30 heavy (non-hydrogen) atoms. The van der Waals surface area contributed by atoms with Crippen LogP contribution in [0.4, 0.5) is 0 Å². The summed E-state index contributed by atoms with van der Waals surface area (Å²) < 4.78 is 7.38. The van der Waals surface area contributed by atoms with Crippen molar-refractivity contribution >= 4 is 5.91 Å². The zero-order chi connectivity index (χ0) is 20.9. The van der Waals surface area contributed by atoms with E-state index in [-0.39, 0.29) is 5.91 Å². The number of nitrogens with one attached hydrogen (secondary N) is 1. The summed E-state index contributed by atoms with van der Waals surface area (Å²) in [5.41, 5.74) is 5.63. The number of methoxy groups -OCH3 is 1. The highest BCUT2D eigenvalue weighted by Gasteiger charge is 2.12. The zero-order valence-corrected chi connectivity index (χ0v) is 17.0. The van der Waals surface area contributed by atoms with Crippen LogP contribution in [0.15, 0.2) is 85.3 Å². The first-order valence-corrected chi connectivity index (χ1v) is 9.75. The van der Waals surface area contributed by atoms with E-state index in [9.17, 15) is 4.79 Å². The molecular weight excluding hydrogens is 374 g/mol. The lowest BCUT2D eigenvalue weighted by atomic mass is 10.0. The monoisotopic (exact) mass is 397 g/mol. The molecule has 0 fully saturated rings. The second-order valence-electron chi connectivity index (χ2n) is 7.06. The molecule has 0 saturated carbocycles. The second kappa shape index (κ2) is 8.66. The van der Waals surface area contributed by atoms with E-state index in [1.807, 2.05) is 54.1 Å². The summed E-state index contributed by atoms with van der Waals surface area (Å²) in [6, 6.07) is 23.8. The lowest BCUT2D eigenvalue weighted by Gasteiger charge is -2.12. The fraction of sp³-hybridized carbons (Fsp3) is 0.120. The zero-order valence-electron chi connectivity index (χ0n) is 17.0. The normalized spacial score (nSPS) is 10.6. The molecule has 0 aliphatic heterocycles. The van der Waals surface area contributed by atoms with Crippen molar-refractivity contribution in [3.05, 3.63) is 102 Å². The van der Waals surface area contributed by atoms with Gasteiger partial charge in [-0.15, -0.1) is 0 Å². The molecule has 1 amide bonds. The van der Waals surface area contributed by atoms with E-state index in [2.05, 4.69) is 34.6 Å². The Balaban J connectivity index is 1.48. The Morgan fingerprint density at radius 3 is 2.53 bits per heavy atom. The summed E-state index contributed by atoms with van der Waals surface area (Å²) in [5.74, 6) is 0.470. The Bertz CT molecular complexity index is 1170. The summed E-state index contributed by atoms with van der Waals surface area (Å²) in [5, 5.41) is 2.99. The number of hydrogen-bond acceptors (Lipinski definition) is 3. The molecule has 4 rings (SSSR count). The van der Waals surface area contributed by atoms with Crippen LogP contribution in [-0.2, 0) is 6.54 Å². The van der Waals surface area contributed by atoms with Gasteiger partial charge in [-0.1, -0.05) is 48.5 Å². The van der Waals surface area contributed by atoms with Crippen molar-refractivity contribution in [2.24, 2.45) is 0 Å². The van der Waals surface area contributed by atoms with E-state index >= 15 is 0 Å². The van der Waals surface area contributed by atoms with Gasteiger partial charge >= 0.3 is 0 Å². The van der Waals surface area contributed by atoms with Crippen molar-refractivity contribution in [2.45, 2.75) is 13.5 Å². The maximum absolute atomic E-state index is 12.7. The first kappa shape index (κ1) is 19.5. The van der Waals surface area contributed by atoms with Crippen LogP contribution in [0.5, 0.6) is 5.75 Å². The van der Waals surface area contributed by atoms with Gasteiger partial charge in [-0.3, -0.25) is 4.79 Å². The lowest BCUT2D eigenvalue weighted by Crippen LogP contribution is -2.22. The van der Waals surface area contributed by atoms with Gasteiger partial charge in [0.15, 0.2) is 0 Å². The van der Waals surface area contributed by atoms with E-state index < -0.39 is 0 Å². The van der Waals surface area contributed by atoms with Gasteiger partial charge < -0.3 is 14.6 Å². The van der Waals surface area contributed by atoms with Gasteiger partial charge in [0.25, 0.3) is 5.91 Å². The molecule has 0 radical (unpaired) electrons. The van der Waals surface area contributed by atoms with Crippen molar-refractivity contribution in [2.75, 3.05) is 7.11 Å². The molecule has 1 N–H and O–H groups in total. The van der Waals surface area contributed by atoms with Crippen LogP contribution in [0.2, 0.25) is 0 Å². The third-order valence-electron chi connectivity index (χ3n) is 4.92. The van der Waals surface area contributed by atoms with Gasteiger partial charge in [0, 0.05) is 18.3 Å². The second-order valence-corrected chi connectivity index (χ2v) is 7.06. The molecule has 0 atom stereocenters. The number of ether oxygens (including phenoxy) is 1. The molecule has 3 aromatic carbocycles. The van der Waals surface area contributed by atoms with Crippen LogP contribution in [0.1, 0.15) is 21.6 Å². The van der Waals surface area contributed by atoms with E-state index in [0.717, 1.165) is 28.1 Å². The largest absolute Gasteiger partial charge is 0.495 e. The van der Waals surface area contributed by atoms with E-state index in [1.165, 1.54) is 0 Å². The van der Waals surface area contributed by atoms with Crippen LogP contribution >= 0.6 is 0 Å². The van der Waals surface area contributed by atoms with Crippen LogP contribution in [0.3, 0.4) is 0 Å². The minimum Gasteiger partial charge on any atom is -0.495 e. The highest BCUT2D eigenvalue weighted by molar-refractivity contribution is 5.95. The molecule has 5 heteroatoms. The van der Waals surface area contributed by atoms with Crippen molar-refractivity contribution in [3.8, 4) is 22.6 Å². The minimum absolute atomic E-state index is 0.147. The molecule has 0 spiro atoms. The molecule has 0 bridgehead atoms. The quantitative estimate of drug-likeness (QED) is 0.509. The Morgan fingerprint density at radius 1 is 1.00 bits per heavy atom. The Morgan fingerprint density at radius 2 is 1.80 bits per heavy atom. The Hall–Kier alpha value is -3.86. The Labute approximate surface area is 176 Å². The molecule has 0 aliphatic carbocycles. The number of aryl methyl sites for hydroxylation is 1. The highest BCUT2D eigenvalue weighted by Crippen LogP contribution is 2.25. The fourth-order valence-electron chi connectivity index (χ4n) is 3.36. The number of benzene rings is 3. The number of rotatable bonds is 6. The average molecular weight is 397 g/mol. The van der Waals surface area contributed by atoms with Crippen molar-refractivity contribution in [1.82, 2.24) is 14.9 Å². The molecule has 0 aliphatic rings. The average Bonchev–Trinajstić information content (AvgIpc) is 3.23. The standard InChI is InChI=1S/C25H23N3O2/c1-18-16-28(17-27-18)23-12-11-22(14-24(23)30-2)25(29)26-15-19-7-6-10-21(13-19)20-8-4-3-5-9-20/h3-14,16-17H,15H2,1-2H3,(H,26,29). The van der Waals surface area contributed by atoms with Gasteiger partial charge in [-0.25, -0.2) is 4.98 Å². The topological polar surface area (TPSA) is 56.1 Å². The summed E-state index contributed by atoms with van der Waals surface area (Å²) >= 11 is 0. The summed E-state index contributed by atoms with van der Waals surface area (Å²) in [6.45, 7) is 2.38. The first-order chi connectivity index (χ1) is 14.6. The molecule has 1 aromatic heterocycles. The maximum atomic E-state index is 12.7. The molecule has 0 unspecified atom stereocenters. The predicted octanol–water partition coefficient (Wildman–Crippen LogP) is 4.79. The lowest BCUT2D eigenvalue weighted by molar-refractivity contribution is 0.0950. The first-order valence-electron chi connectivity index (χ1n) is 9.75. The van der Waals surface area contributed by atoms with Crippen LogP contribution in [-0.4, -0.2) is 22.6 Å². The summed E-state index contributed by atoms with van der Waals surface area (Å²) in [4.78, 5) is 17.0. The van der Waals surface area contributed by atoms with Crippen LogP contribution in [0.25, 0.3) is 16.8 Å². The summed E-state index contributed by atoms with van der Waals surface area (Å²) in [6.07, 6.45) is 3.64. The van der Waals surface area contributed by atoms with E-state index in [0.29, 0.717) is 17.9 Å². The van der Waals surface area contributed by atoms with Gasteiger partial charge in [-0.2, -0.15) is 0 Å². The predicted molar refractivity (Wildman–Crippen MR) is 118 cm³/mol.